The lowest BCUT2D eigenvalue weighted by Gasteiger charge is -2.13. The molecule has 0 saturated heterocycles. The predicted octanol–water partition coefficient (Wildman–Crippen LogP) is 0.270. The number of hydrazine groups is 1. The second-order valence-electron chi connectivity index (χ2n) is 2.86. The van der Waals surface area contributed by atoms with Crippen LogP contribution in [0, 0.1) is 0 Å². The average Bonchev–Trinajstić information content (AvgIpc) is 2.03. The van der Waals surface area contributed by atoms with Crippen LogP contribution in [0.25, 0.3) is 0 Å². The van der Waals surface area contributed by atoms with Gasteiger partial charge in [-0.25, -0.2) is 5.43 Å². The molecule has 0 heterocycles. The largest absolute Gasteiger partial charge is 0.480 e. The van der Waals surface area contributed by atoms with Crippen molar-refractivity contribution in [2.24, 2.45) is 0 Å². The van der Waals surface area contributed by atoms with Gasteiger partial charge < -0.3 is 5.11 Å². The second kappa shape index (κ2) is 6.42. The molecule has 0 aliphatic carbocycles. The topological polar surface area (TPSA) is 78.4 Å². The van der Waals surface area contributed by atoms with Crippen molar-refractivity contribution in [2.75, 3.05) is 0 Å². The molecule has 0 aliphatic heterocycles. The van der Waals surface area contributed by atoms with Crippen molar-refractivity contribution in [1.29, 1.82) is 0 Å². The summed E-state index contributed by atoms with van der Waals surface area (Å²) >= 11 is 0. The number of hydrogen-bond donors (Lipinski definition) is 3. The van der Waals surface area contributed by atoms with Gasteiger partial charge in [0, 0.05) is 6.92 Å². The van der Waals surface area contributed by atoms with E-state index in [0.717, 1.165) is 12.8 Å². The summed E-state index contributed by atoms with van der Waals surface area (Å²) in [7, 11) is 0. The van der Waals surface area contributed by atoms with Crippen molar-refractivity contribution >= 4 is 11.9 Å². The van der Waals surface area contributed by atoms with E-state index in [2.05, 4.69) is 10.9 Å². The summed E-state index contributed by atoms with van der Waals surface area (Å²) in [4.78, 5) is 21.1. The summed E-state index contributed by atoms with van der Waals surface area (Å²) in [5.41, 5.74) is 4.72. The zero-order chi connectivity index (χ0) is 10.3. The highest BCUT2D eigenvalue weighted by Crippen LogP contribution is 1.99. The minimum Gasteiger partial charge on any atom is -0.480 e. The molecule has 0 spiro atoms. The SMILES string of the molecule is CCCC[C@H](NNC(C)=O)C(=O)O. The van der Waals surface area contributed by atoms with Crippen molar-refractivity contribution in [3.63, 3.8) is 0 Å². The van der Waals surface area contributed by atoms with E-state index in [1.165, 1.54) is 6.92 Å². The molecule has 0 aromatic heterocycles. The molecular weight excluding hydrogens is 172 g/mol. The van der Waals surface area contributed by atoms with E-state index in [9.17, 15) is 9.59 Å². The van der Waals surface area contributed by atoms with Gasteiger partial charge in [-0.05, 0) is 6.42 Å². The van der Waals surface area contributed by atoms with Gasteiger partial charge >= 0.3 is 5.97 Å². The zero-order valence-electron chi connectivity index (χ0n) is 7.96. The number of nitrogens with one attached hydrogen (secondary N) is 2. The molecule has 13 heavy (non-hydrogen) atoms. The third-order valence-corrected chi connectivity index (χ3v) is 1.57. The van der Waals surface area contributed by atoms with E-state index in [1.54, 1.807) is 0 Å². The Balaban J connectivity index is 3.80. The van der Waals surface area contributed by atoms with Gasteiger partial charge in [-0.15, -0.1) is 0 Å². The van der Waals surface area contributed by atoms with Crippen LogP contribution in [0.4, 0.5) is 0 Å². The van der Waals surface area contributed by atoms with E-state index in [-0.39, 0.29) is 5.91 Å². The minimum atomic E-state index is -0.942. The molecule has 0 bridgehead atoms. The standard InChI is InChI=1S/C8H16N2O3/c1-3-4-5-7(8(12)13)10-9-6(2)11/h7,10H,3-5H2,1-2H3,(H,9,11)(H,12,13)/t7-/m0/s1. The molecule has 0 aromatic rings. The third kappa shape index (κ3) is 6.10. The Hall–Kier alpha value is -1.10. The van der Waals surface area contributed by atoms with Crippen LogP contribution in [0.15, 0.2) is 0 Å². The van der Waals surface area contributed by atoms with Gasteiger partial charge in [0.25, 0.3) is 0 Å². The molecule has 5 heteroatoms. The van der Waals surface area contributed by atoms with Crippen LogP contribution in [0.3, 0.4) is 0 Å². The molecule has 76 valence electrons. The van der Waals surface area contributed by atoms with Crippen molar-refractivity contribution in [1.82, 2.24) is 10.9 Å². The number of rotatable bonds is 6. The number of carbonyl (C=O) groups excluding carboxylic acids is 1. The van der Waals surface area contributed by atoms with Crippen LogP contribution >= 0.6 is 0 Å². The number of hydrogen-bond acceptors (Lipinski definition) is 3. The first-order valence-electron chi connectivity index (χ1n) is 4.32. The van der Waals surface area contributed by atoms with Crippen LogP contribution in [0.2, 0.25) is 0 Å². The summed E-state index contributed by atoms with van der Waals surface area (Å²) in [6.07, 6.45) is 2.28. The Kier molecular flexibility index (Phi) is 5.88. The van der Waals surface area contributed by atoms with Gasteiger partial charge in [-0.3, -0.25) is 15.0 Å². The highest BCUT2D eigenvalue weighted by Gasteiger charge is 2.15. The molecule has 0 aromatic carbocycles. The molecule has 0 unspecified atom stereocenters. The number of carboxylic acids is 1. The van der Waals surface area contributed by atoms with Gasteiger partial charge in [-0.1, -0.05) is 19.8 Å². The lowest BCUT2D eigenvalue weighted by Crippen LogP contribution is -2.47. The summed E-state index contributed by atoms with van der Waals surface area (Å²) in [5.74, 6) is -1.23. The zero-order valence-corrected chi connectivity index (χ0v) is 7.96. The van der Waals surface area contributed by atoms with E-state index >= 15 is 0 Å². The smallest absolute Gasteiger partial charge is 0.322 e. The first kappa shape index (κ1) is 11.9. The predicted molar refractivity (Wildman–Crippen MR) is 47.9 cm³/mol. The molecule has 5 nitrogen and oxygen atoms in total. The second-order valence-corrected chi connectivity index (χ2v) is 2.86. The van der Waals surface area contributed by atoms with E-state index in [0.29, 0.717) is 6.42 Å². The Morgan fingerprint density at radius 3 is 2.46 bits per heavy atom. The van der Waals surface area contributed by atoms with Gasteiger partial charge in [0.05, 0.1) is 0 Å². The van der Waals surface area contributed by atoms with Gasteiger partial charge in [0.2, 0.25) is 5.91 Å². The molecule has 0 saturated carbocycles. The van der Waals surface area contributed by atoms with E-state index < -0.39 is 12.0 Å². The Bertz CT molecular complexity index is 182. The average molecular weight is 188 g/mol. The number of unbranched alkanes of at least 4 members (excludes halogenated alkanes) is 1. The maximum absolute atomic E-state index is 10.6. The van der Waals surface area contributed by atoms with Crippen molar-refractivity contribution in [3.8, 4) is 0 Å². The molecule has 3 N–H and O–H groups in total. The first-order valence-corrected chi connectivity index (χ1v) is 4.32. The molecule has 1 amide bonds. The first-order chi connectivity index (χ1) is 6.07. The Morgan fingerprint density at radius 2 is 2.08 bits per heavy atom. The molecule has 0 fully saturated rings. The molecule has 0 radical (unpaired) electrons. The van der Waals surface area contributed by atoms with Gasteiger partial charge in [0.1, 0.15) is 6.04 Å². The van der Waals surface area contributed by atoms with Crippen LogP contribution in [0.5, 0.6) is 0 Å². The highest BCUT2D eigenvalue weighted by atomic mass is 16.4. The Morgan fingerprint density at radius 1 is 1.46 bits per heavy atom. The number of carbonyl (C=O) groups is 2. The Labute approximate surface area is 77.5 Å². The number of amides is 1. The van der Waals surface area contributed by atoms with E-state index in [4.69, 9.17) is 5.11 Å². The van der Waals surface area contributed by atoms with E-state index in [1.807, 2.05) is 6.92 Å². The molecule has 0 rings (SSSR count). The number of carboxylic acid groups (broad SMARTS) is 1. The summed E-state index contributed by atoms with van der Waals surface area (Å²) < 4.78 is 0. The van der Waals surface area contributed by atoms with Crippen LogP contribution in [-0.2, 0) is 9.59 Å². The van der Waals surface area contributed by atoms with Crippen LogP contribution in [-0.4, -0.2) is 23.0 Å². The molecule has 1 atom stereocenters. The van der Waals surface area contributed by atoms with Crippen molar-refractivity contribution in [3.05, 3.63) is 0 Å². The fourth-order valence-corrected chi connectivity index (χ4v) is 0.854. The highest BCUT2D eigenvalue weighted by molar-refractivity contribution is 5.75. The summed E-state index contributed by atoms with van der Waals surface area (Å²) in [6.45, 7) is 3.31. The van der Waals surface area contributed by atoms with Gasteiger partial charge in [-0.2, -0.15) is 0 Å². The fraction of sp³-hybridized carbons (Fsp3) is 0.750. The van der Waals surface area contributed by atoms with Crippen LogP contribution in [0.1, 0.15) is 33.1 Å². The maximum Gasteiger partial charge on any atom is 0.322 e. The normalized spacial score (nSPS) is 12.2. The molecular formula is C8H16N2O3. The summed E-state index contributed by atoms with van der Waals surface area (Å²) in [6, 6.07) is -0.691. The third-order valence-electron chi connectivity index (χ3n) is 1.57. The van der Waals surface area contributed by atoms with Crippen molar-refractivity contribution in [2.45, 2.75) is 39.2 Å². The maximum atomic E-state index is 10.6. The fourth-order valence-electron chi connectivity index (χ4n) is 0.854. The monoisotopic (exact) mass is 188 g/mol. The van der Waals surface area contributed by atoms with Gasteiger partial charge in [0.15, 0.2) is 0 Å². The molecule has 0 aliphatic rings. The number of aliphatic carboxylic acids is 1. The van der Waals surface area contributed by atoms with Crippen LogP contribution < -0.4 is 10.9 Å². The van der Waals surface area contributed by atoms with Crippen molar-refractivity contribution < 1.29 is 14.7 Å². The lowest BCUT2D eigenvalue weighted by molar-refractivity contribution is -0.140. The summed E-state index contributed by atoms with van der Waals surface area (Å²) in [5, 5.41) is 8.70. The minimum absolute atomic E-state index is 0.289. The lowest BCUT2D eigenvalue weighted by atomic mass is 10.1. The quantitative estimate of drug-likeness (QED) is 0.523.